The molecule has 76 valence electrons. The first kappa shape index (κ1) is 9.66. The van der Waals surface area contributed by atoms with Crippen molar-refractivity contribution in [2.75, 3.05) is 0 Å². The lowest BCUT2D eigenvalue weighted by atomic mass is 10.0. The van der Waals surface area contributed by atoms with Crippen LogP contribution in [0.15, 0.2) is 12.1 Å². The second-order valence-electron chi connectivity index (χ2n) is 4.38. The van der Waals surface area contributed by atoms with Gasteiger partial charge >= 0.3 is 0 Å². The van der Waals surface area contributed by atoms with Gasteiger partial charge in [0.2, 0.25) is 0 Å². The Morgan fingerprint density at radius 1 is 1.36 bits per heavy atom. The highest BCUT2D eigenvalue weighted by molar-refractivity contribution is 5.22. The molecule has 0 saturated heterocycles. The summed E-state index contributed by atoms with van der Waals surface area (Å²) in [6.07, 6.45) is 3.21. The topological polar surface area (TPSA) is 33.1 Å². The van der Waals surface area contributed by atoms with Crippen molar-refractivity contribution in [3.8, 4) is 0 Å². The molecule has 1 fully saturated rings. The maximum absolute atomic E-state index is 9.95. The van der Waals surface area contributed by atoms with Crippen LogP contribution in [0.3, 0.4) is 0 Å². The Bertz CT molecular complexity index is 311. The third kappa shape index (κ3) is 2.32. The number of rotatable bonds is 3. The van der Waals surface area contributed by atoms with Crippen LogP contribution in [0, 0.1) is 19.8 Å². The molecule has 1 aromatic rings. The molecule has 2 heteroatoms. The predicted molar refractivity (Wildman–Crippen MR) is 56.0 cm³/mol. The minimum absolute atomic E-state index is 0.289. The molecule has 1 saturated carbocycles. The van der Waals surface area contributed by atoms with Gasteiger partial charge in [-0.05, 0) is 43.9 Å². The van der Waals surface area contributed by atoms with Gasteiger partial charge < -0.3 is 5.11 Å². The first-order valence-electron chi connectivity index (χ1n) is 5.28. The van der Waals surface area contributed by atoms with Crippen LogP contribution in [0.4, 0.5) is 0 Å². The van der Waals surface area contributed by atoms with Gasteiger partial charge in [-0.2, -0.15) is 0 Å². The van der Waals surface area contributed by atoms with Crippen molar-refractivity contribution in [1.82, 2.24) is 4.98 Å². The van der Waals surface area contributed by atoms with Gasteiger partial charge in [-0.15, -0.1) is 0 Å². The molecule has 1 N–H and O–H groups in total. The number of aryl methyl sites for hydroxylation is 2. The molecule has 1 heterocycles. The lowest BCUT2D eigenvalue weighted by Crippen LogP contribution is -2.01. The molecular formula is C12H17NO. The van der Waals surface area contributed by atoms with E-state index in [-0.39, 0.29) is 6.10 Å². The predicted octanol–water partition coefficient (Wildman–Crippen LogP) is 2.53. The molecule has 1 aliphatic carbocycles. The fourth-order valence-corrected chi connectivity index (χ4v) is 1.86. The molecule has 1 atom stereocenters. The molecular weight excluding hydrogens is 174 g/mol. The maximum Gasteiger partial charge on any atom is 0.0794 e. The molecule has 0 radical (unpaired) electrons. The highest BCUT2D eigenvalue weighted by atomic mass is 16.3. The zero-order valence-corrected chi connectivity index (χ0v) is 8.83. The van der Waals surface area contributed by atoms with E-state index in [1.165, 1.54) is 12.8 Å². The zero-order chi connectivity index (χ0) is 10.1. The molecule has 0 bridgehead atoms. The number of aliphatic hydroxyl groups is 1. The van der Waals surface area contributed by atoms with Crippen molar-refractivity contribution in [2.45, 2.75) is 39.2 Å². The molecule has 2 nitrogen and oxygen atoms in total. The molecule has 0 aliphatic heterocycles. The minimum Gasteiger partial charge on any atom is -0.388 e. The Labute approximate surface area is 85.0 Å². The first-order valence-corrected chi connectivity index (χ1v) is 5.28. The van der Waals surface area contributed by atoms with E-state index < -0.39 is 0 Å². The number of pyridine rings is 1. The summed E-state index contributed by atoms with van der Waals surface area (Å²) in [5.74, 6) is 0.763. The van der Waals surface area contributed by atoms with Crippen LogP contribution in [0.25, 0.3) is 0 Å². The molecule has 1 aromatic heterocycles. The van der Waals surface area contributed by atoms with E-state index in [1.54, 1.807) is 0 Å². The smallest absolute Gasteiger partial charge is 0.0794 e. The molecule has 0 amide bonds. The van der Waals surface area contributed by atoms with Crippen molar-refractivity contribution < 1.29 is 5.11 Å². The summed E-state index contributed by atoms with van der Waals surface area (Å²) in [6, 6.07) is 3.97. The molecule has 0 aromatic carbocycles. The molecule has 14 heavy (non-hydrogen) atoms. The van der Waals surface area contributed by atoms with E-state index in [2.05, 4.69) is 4.98 Å². The summed E-state index contributed by atoms with van der Waals surface area (Å²) >= 11 is 0. The monoisotopic (exact) mass is 191 g/mol. The number of aliphatic hydroxyl groups excluding tert-OH is 1. The second-order valence-corrected chi connectivity index (χ2v) is 4.38. The summed E-state index contributed by atoms with van der Waals surface area (Å²) in [7, 11) is 0. The van der Waals surface area contributed by atoms with Crippen LogP contribution >= 0.6 is 0 Å². The Hall–Kier alpha value is -0.890. The van der Waals surface area contributed by atoms with Crippen molar-refractivity contribution in [3.63, 3.8) is 0 Å². The fraction of sp³-hybridized carbons (Fsp3) is 0.583. The van der Waals surface area contributed by atoms with E-state index in [4.69, 9.17) is 0 Å². The largest absolute Gasteiger partial charge is 0.388 e. The lowest BCUT2D eigenvalue weighted by molar-refractivity contribution is 0.160. The average Bonchev–Trinajstić information content (AvgIpc) is 2.86. The van der Waals surface area contributed by atoms with Crippen LogP contribution in [0.5, 0.6) is 0 Å². The van der Waals surface area contributed by atoms with Gasteiger partial charge in [-0.1, -0.05) is 12.8 Å². The van der Waals surface area contributed by atoms with Gasteiger partial charge in [0.05, 0.1) is 6.10 Å². The summed E-state index contributed by atoms with van der Waals surface area (Å²) in [5, 5.41) is 9.95. The standard InChI is InChI=1S/C12H17NO/c1-8-5-11(6-9(2)13-8)12(14)7-10-3-4-10/h5-6,10,12,14H,3-4,7H2,1-2H3. The van der Waals surface area contributed by atoms with Crippen molar-refractivity contribution in [1.29, 1.82) is 0 Å². The quantitative estimate of drug-likeness (QED) is 0.796. The third-order valence-corrected chi connectivity index (χ3v) is 2.74. The minimum atomic E-state index is -0.289. The second kappa shape index (κ2) is 3.70. The zero-order valence-electron chi connectivity index (χ0n) is 8.83. The normalized spacial score (nSPS) is 18.2. The SMILES string of the molecule is Cc1cc(C(O)CC2CC2)cc(C)n1. The molecule has 2 rings (SSSR count). The molecule has 1 aliphatic rings. The van der Waals surface area contributed by atoms with E-state index in [9.17, 15) is 5.11 Å². The third-order valence-electron chi connectivity index (χ3n) is 2.74. The van der Waals surface area contributed by atoms with E-state index in [0.717, 1.165) is 29.3 Å². The van der Waals surface area contributed by atoms with Gasteiger partial charge in [0.25, 0.3) is 0 Å². The van der Waals surface area contributed by atoms with Crippen LogP contribution in [0.1, 0.15) is 42.3 Å². The average molecular weight is 191 g/mol. The Morgan fingerprint density at radius 2 is 1.93 bits per heavy atom. The summed E-state index contributed by atoms with van der Waals surface area (Å²) in [6.45, 7) is 3.95. The fourth-order valence-electron chi connectivity index (χ4n) is 1.86. The van der Waals surface area contributed by atoms with Gasteiger partial charge in [0, 0.05) is 11.4 Å². The van der Waals surface area contributed by atoms with Gasteiger partial charge in [-0.3, -0.25) is 4.98 Å². The van der Waals surface area contributed by atoms with Crippen molar-refractivity contribution in [3.05, 3.63) is 29.1 Å². The Kier molecular flexibility index (Phi) is 2.55. The van der Waals surface area contributed by atoms with Crippen molar-refractivity contribution in [2.24, 2.45) is 5.92 Å². The number of aromatic nitrogens is 1. The van der Waals surface area contributed by atoms with Gasteiger partial charge in [0.1, 0.15) is 0 Å². The van der Waals surface area contributed by atoms with E-state index in [1.807, 2.05) is 26.0 Å². The number of hydrogen-bond acceptors (Lipinski definition) is 2. The van der Waals surface area contributed by atoms with Crippen molar-refractivity contribution >= 4 is 0 Å². The summed E-state index contributed by atoms with van der Waals surface area (Å²) in [5.41, 5.74) is 3.02. The van der Waals surface area contributed by atoms with E-state index in [0.29, 0.717) is 0 Å². The Balaban J connectivity index is 2.12. The number of nitrogens with zero attached hydrogens (tertiary/aromatic N) is 1. The summed E-state index contributed by atoms with van der Waals surface area (Å²) < 4.78 is 0. The van der Waals surface area contributed by atoms with Crippen LogP contribution in [-0.2, 0) is 0 Å². The summed E-state index contributed by atoms with van der Waals surface area (Å²) in [4.78, 5) is 4.30. The lowest BCUT2D eigenvalue weighted by Gasteiger charge is -2.11. The van der Waals surface area contributed by atoms with Crippen LogP contribution in [0.2, 0.25) is 0 Å². The number of hydrogen-bond donors (Lipinski definition) is 1. The van der Waals surface area contributed by atoms with Gasteiger partial charge in [0.15, 0.2) is 0 Å². The molecule has 1 unspecified atom stereocenters. The van der Waals surface area contributed by atoms with Gasteiger partial charge in [-0.25, -0.2) is 0 Å². The van der Waals surface area contributed by atoms with Crippen LogP contribution in [-0.4, -0.2) is 10.1 Å². The maximum atomic E-state index is 9.95. The highest BCUT2D eigenvalue weighted by Gasteiger charge is 2.25. The Morgan fingerprint density at radius 3 is 2.43 bits per heavy atom. The molecule has 0 spiro atoms. The first-order chi connectivity index (χ1) is 6.65. The highest BCUT2D eigenvalue weighted by Crippen LogP contribution is 2.37. The van der Waals surface area contributed by atoms with E-state index >= 15 is 0 Å². The van der Waals surface area contributed by atoms with Crippen LogP contribution < -0.4 is 0 Å².